The summed E-state index contributed by atoms with van der Waals surface area (Å²) in [7, 11) is -0.589. The molecule has 0 amide bonds. The van der Waals surface area contributed by atoms with Crippen LogP contribution < -0.4 is 24.0 Å². The van der Waals surface area contributed by atoms with Crippen LogP contribution in [0.2, 0.25) is 0 Å². The van der Waals surface area contributed by atoms with Gasteiger partial charge in [0.15, 0.2) is 0 Å². The lowest BCUT2D eigenvalue weighted by atomic mass is 10.1. The predicted molar refractivity (Wildman–Crippen MR) is 76.8 cm³/mol. The quantitative estimate of drug-likeness (QED) is 0.337. The van der Waals surface area contributed by atoms with Gasteiger partial charge in [0, 0.05) is 7.26 Å². The zero-order valence-electron chi connectivity index (χ0n) is 12.1. The van der Waals surface area contributed by atoms with Crippen molar-refractivity contribution < 1.29 is 24.0 Å². The van der Waals surface area contributed by atoms with Crippen LogP contribution in [0.1, 0.15) is 66.7 Å². The largest absolute Gasteiger partial charge is 1.00 e. The van der Waals surface area contributed by atoms with Crippen LogP contribution in [-0.2, 0) is 0 Å². The minimum atomic E-state index is -0.589. The number of halogens is 1. The van der Waals surface area contributed by atoms with E-state index in [1.165, 1.54) is 50.6 Å². The van der Waals surface area contributed by atoms with E-state index >= 15 is 0 Å². The molecule has 2 heteroatoms. The third kappa shape index (κ3) is 5.67. The van der Waals surface area contributed by atoms with Gasteiger partial charge >= 0.3 is 0 Å². The third-order valence-electron chi connectivity index (χ3n) is 4.28. The number of hydrogen-bond acceptors (Lipinski definition) is 0. The highest BCUT2D eigenvalue weighted by Gasteiger charge is 2.38. The summed E-state index contributed by atoms with van der Waals surface area (Å²) in [6.45, 7) is 12.0. The van der Waals surface area contributed by atoms with Crippen molar-refractivity contribution >= 4 is 7.26 Å². The zero-order chi connectivity index (χ0) is 11.7. The fourth-order valence-electron chi connectivity index (χ4n) is 2.94. The minimum absolute atomic E-state index is 0. The van der Waals surface area contributed by atoms with Crippen molar-refractivity contribution in [3.05, 3.63) is 0 Å². The van der Waals surface area contributed by atoms with Crippen molar-refractivity contribution in [3.63, 3.8) is 0 Å². The van der Waals surface area contributed by atoms with Crippen LogP contribution in [-0.4, -0.2) is 24.1 Å². The van der Waals surface area contributed by atoms with Crippen molar-refractivity contribution in [1.82, 2.24) is 0 Å². The Morgan fingerprint density at radius 2 is 1.31 bits per heavy atom. The fraction of sp³-hybridized carbons (Fsp3) is 1.00. The van der Waals surface area contributed by atoms with E-state index in [0.29, 0.717) is 0 Å². The Kier molecular flexibility index (Phi) is 13.7. The first-order chi connectivity index (χ1) is 7.20. The highest BCUT2D eigenvalue weighted by Crippen LogP contribution is 2.64. The van der Waals surface area contributed by atoms with E-state index in [1.54, 1.807) is 0 Å². The van der Waals surface area contributed by atoms with E-state index in [0.717, 1.165) is 5.66 Å². The lowest BCUT2D eigenvalue weighted by Gasteiger charge is -2.32. The third-order valence-corrected chi connectivity index (χ3v) is 10.2. The highest BCUT2D eigenvalue weighted by molar-refractivity contribution is 7.76. The van der Waals surface area contributed by atoms with Gasteiger partial charge in [-0.3, -0.25) is 0 Å². The molecule has 0 aliphatic carbocycles. The summed E-state index contributed by atoms with van der Waals surface area (Å²) in [6.07, 6.45) is 11.6. The van der Waals surface area contributed by atoms with Gasteiger partial charge in [0.2, 0.25) is 0 Å². The molecule has 0 heterocycles. The van der Waals surface area contributed by atoms with E-state index in [4.69, 9.17) is 0 Å². The van der Waals surface area contributed by atoms with Gasteiger partial charge in [-0.15, -0.1) is 0 Å². The summed E-state index contributed by atoms with van der Waals surface area (Å²) in [4.78, 5) is 0. The molecular formula is C14H32IP. The number of rotatable bonds is 9. The fourth-order valence-corrected chi connectivity index (χ4v) is 7.34. The lowest BCUT2D eigenvalue weighted by Crippen LogP contribution is -3.00. The maximum atomic E-state index is 2.43. The Morgan fingerprint density at radius 3 is 1.62 bits per heavy atom. The Bertz CT molecular complexity index is 135. The van der Waals surface area contributed by atoms with E-state index < -0.39 is 7.26 Å². The molecular weight excluding hydrogens is 326 g/mol. The summed E-state index contributed by atoms with van der Waals surface area (Å²) in [6, 6.07) is 0. The normalized spacial score (nSPS) is 13.3. The first-order valence-electron chi connectivity index (χ1n) is 7.06. The first-order valence-corrected chi connectivity index (χ1v) is 9.47. The minimum Gasteiger partial charge on any atom is -1.00 e. The molecule has 0 saturated carbocycles. The van der Waals surface area contributed by atoms with E-state index in [-0.39, 0.29) is 24.0 Å². The molecule has 0 rings (SSSR count). The van der Waals surface area contributed by atoms with Gasteiger partial charge in [-0.1, -0.05) is 26.7 Å². The van der Waals surface area contributed by atoms with Crippen molar-refractivity contribution in [2.24, 2.45) is 0 Å². The van der Waals surface area contributed by atoms with Crippen molar-refractivity contribution in [2.45, 2.75) is 72.4 Å². The molecule has 0 N–H and O–H groups in total. The van der Waals surface area contributed by atoms with Crippen LogP contribution in [0.4, 0.5) is 0 Å². The predicted octanol–water partition coefficient (Wildman–Crippen LogP) is 2.43. The van der Waals surface area contributed by atoms with Gasteiger partial charge in [0.1, 0.15) is 0 Å². The lowest BCUT2D eigenvalue weighted by molar-refractivity contribution is -0.00000356. The molecule has 1 unspecified atom stereocenters. The van der Waals surface area contributed by atoms with Crippen molar-refractivity contribution in [3.8, 4) is 0 Å². The van der Waals surface area contributed by atoms with E-state index in [2.05, 4.69) is 34.6 Å². The zero-order valence-corrected chi connectivity index (χ0v) is 15.1. The SMILES string of the molecule is CCCCCC(CC)[P+](CC)(CC)CC.[I-]. The van der Waals surface area contributed by atoms with Gasteiger partial charge in [0.25, 0.3) is 0 Å². The summed E-state index contributed by atoms with van der Waals surface area (Å²) in [5.41, 5.74) is 1.07. The van der Waals surface area contributed by atoms with E-state index in [9.17, 15) is 0 Å². The Labute approximate surface area is 122 Å². The highest BCUT2D eigenvalue weighted by atomic mass is 127. The molecule has 0 aromatic rings. The van der Waals surface area contributed by atoms with Crippen LogP contribution in [0.25, 0.3) is 0 Å². The van der Waals surface area contributed by atoms with Gasteiger partial charge < -0.3 is 24.0 Å². The topological polar surface area (TPSA) is 0 Å². The first kappa shape index (κ1) is 19.5. The van der Waals surface area contributed by atoms with Gasteiger partial charge in [-0.05, 0) is 40.0 Å². The van der Waals surface area contributed by atoms with Crippen LogP contribution in [0.3, 0.4) is 0 Å². The Balaban J connectivity index is 0. The molecule has 0 nitrogen and oxygen atoms in total. The van der Waals surface area contributed by atoms with Gasteiger partial charge in [-0.2, -0.15) is 0 Å². The van der Waals surface area contributed by atoms with Gasteiger partial charge in [0.05, 0.1) is 24.1 Å². The second-order valence-corrected chi connectivity index (χ2v) is 9.79. The van der Waals surface area contributed by atoms with Crippen molar-refractivity contribution in [2.75, 3.05) is 18.5 Å². The molecule has 0 aromatic heterocycles. The molecule has 0 aromatic carbocycles. The monoisotopic (exact) mass is 358 g/mol. The smallest absolute Gasteiger partial charge is 0.0694 e. The molecule has 0 fully saturated rings. The molecule has 0 aliphatic rings. The molecule has 0 radical (unpaired) electrons. The molecule has 1 atom stereocenters. The maximum absolute atomic E-state index is 2.43. The Hall–Kier alpha value is 1.16. The van der Waals surface area contributed by atoms with Crippen LogP contribution in [0, 0.1) is 0 Å². The summed E-state index contributed by atoms with van der Waals surface area (Å²) in [5, 5.41) is 0. The standard InChI is InChI=1S/C14H32P.HI/c1-6-11-12-13-14(7-2)15(8-3,9-4)10-5;/h14H,6-13H2,1-5H3;1H/q+1;/p-1. The van der Waals surface area contributed by atoms with Crippen LogP contribution in [0.5, 0.6) is 0 Å². The Morgan fingerprint density at radius 1 is 0.812 bits per heavy atom. The molecule has 0 bridgehead atoms. The maximum Gasteiger partial charge on any atom is 0.0694 e. The average Bonchev–Trinajstić information content (AvgIpc) is 2.29. The van der Waals surface area contributed by atoms with Gasteiger partial charge in [-0.25, -0.2) is 0 Å². The molecule has 100 valence electrons. The van der Waals surface area contributed by atoms with Crippen LogP contribution in [0.15, 0.2) is 0 Å². The number of hydrogen-bond donors (Lipinski definition) is 0. The summed E-state index contributed by atoms with van der Waals surface area (Å²) in [5.74, 6) is 0. The summed E-state index contributed by atoms with van der Waals surface area (Å²) < 4.78 is 0. The second kappa shape index (κ2) is 11.3. The molecule has 0 aliphatic heterocycles. The second-order valence-electron chi connectivity index (χ2n) is 4.73. The molecule has 0 saturated heterocycles. The average molecular weight is 358 g/mol. The summed E-state index contributed by atoms with van der Waals surface area (Å²) >= 11 is 0. The molecule has 0 spiro atoms. The van der Waals surface area contributed by atoms with Crippen LogP contribution >= 0.6 is 7.26 Å². The van der Waals surface area contributed by atoms with Crippen molar-refractivity contribution in [1.29, 1.82) is 0 Å². The number of unbranched alkanes of at least 4 members (excludes halogenated alkanes) is 2. The molecule has 16 heavy (non-hydrogen) atoms. The van der Waals surface area contributed by atoms with E-state index in [1.807, 2.05) is 0 Å².